The number of amides is 2. The summed E-state index contributed by atoms with van der Waals surface area (Å²) >= 11 is 0. The molecule has 0 bridgehead atoms. The van der Waals surface area contributed by atoms with Gasteiger partial charge in [-0.3, -0.25) is 13.9 Å². The summed E-state index contributed by atoms with van der Waals surface area (Å²) in [6, 6.07) is 16.7. The van der Waals surface area contributed by atoms with Crippen molar-refractivity contribution in [3.63, 3.8) is 0 Å². The summed E-state index contributed by atoms with van der Waals surface area (Å²) in [5.41, 5.74) is 3.43. The fourth-order valence-corrected chi connectivity index (χ4v) is 5.81. The van der Waals surface area contributed by atoms with Gasteiger partial charge in [0.05, 0.1) is 10.6 Å². The topological polar surface area (TPSA) is 86.8 Å². The minimum atomic E-state index is -4.14. The van der Waals surface area contributed by atoms with Crippen LogP contribution in [0.15, 0.2) is 71.6 Å². The largest absolute Gasteiger partial charge is 0.355 e. The SMILES string of the molecule is CCNC(=O)[C@@H](CC)N(Cc1ccc(F)cc1)C(=O)CN(c1cc(C)ccc1C)S(=O)(=O)c1ccc(C)cc1. The summed E-state index contributed by atoms with van der Waals surface area (Å²) in [4.78, 5) is 28.4. The molecule has 0 radical (unpaired) electrons. The number of carbonyl (C=O) groups excluding carboxylic acids is 2. The zero-order valence-corrected chi connectivity index (χ0v) is 23.9. The number of benzene rings is 3. The van der Waals surface area contributed by atoms with Crippen molar-refractivity contribution >= 4 is 27.5 Å². The molecule has 0 heterocycles. The first kappa shape index (κ1) is 29.8. The van der Waals surface area contributed by atoms with E-state index < -0.39 is 34.3 Å². The van der Waals surface area contributed by atoms with Gasteiger partial charge < -0.3 is 10.2 Å². The maximum atomic E-state index is 14.0. The number of hydrogen-bond acceptors (Lipinski definition) is 4. The van der Waals surface area contributed by atoms with E-state index in [1.807, 2.05) is 26.0 Å². The van der Waals surface area contributed by atoms with E-state index in [-0.39, 0.29) is 17.3 Å². The molecular weight excluding hydrogens is 517 g/mol. The highest BCUT2D eigenvalue weighted by Gasteiger charge is 2.34. The van der Waals surface area contributed by atoms with Crippen molar-refractivity contribution in [3.05, 3.63) is 94.8 Å². The molecule has 9 heteroatoms. The summed E-state index contributed by atoms with van der Waals surface area (Å²) in [6.45, 7) is 8.95. The number of anilines is 1. The molecule has 0 saturated carbocycles. The van der Waals surface area contributed by atoms with Gasteiger partial charge in [-0.1, -0.05) is 48.9 Å². The number of likely N-dealkylation sites (N-methyl/N-ethyl adjacent to an activating group) is 1. The molecular formula is C30H36FN3O4S. The Labute approximate surface area is 230 Å². The highest BCUT2D eigenvalue weighted by atomic mass is 32.2. The first-order chi connectivity index (χ1) is 18.5. The van der Waals surface area contributed by atoms with Crippen LogP contribution in [0, 0.1) is 26.6 Å². The van der Waals surface area contributed by atoms with Gasteiger partial charge in [-0.05, 0) is 81.1 Å². The highest BCUT2D eigenvalue weighted by Crippen LogP contribution is 2.29. The smallest absolute Gasteiger partial charge is 0.264 e. The molecule has 0 fully saturated rings. The highest BCUT2D eigenvalue weighted by molar-refractivity contribution is 7.92. The Morgan fingerprint density at radius 2 is 1.51 bits per heavy atom. The van der Waals surface area contributed by atoms with Crippen molar-refractivity contribution in [1.29, 1.82) is 0 Å². The van der Waals surface area contributed by atoms with E-state index in [9.17, 15) is 22.4 Å². The number of hydrogen-bond donors (Lipinski definition) is 1. The van der Waals surface area contributed by atoms with Crippen molar-refractivity contribution in [2.75, 3.05) is 17.4 Å². The van der Waals surface area contributed by atoms with Gasteiger partial charge in [-0.25, -0.2) is 12.8 Å². The van der Waals surface area contributed by atoms with Crippen molar-refractivity contribution in [3.8, 4) is 0 Å². The lowest BCUT2D eigenvalue weighted by Gasteiger charge is -2.33. The Balaban J connectivity index is 2.10. The van der Waals surface area contributed by atoms with Gasteiger partial charge in [0.1, 0.15) is 18.4 Å². The van der Waals surface area contributed by atoms with Gasteiger partial charge in [0.15, 0.2) is 0 Å². The van der Waals surface area contributed by atoms with E-state index in [0.717, 1.165) is 15.4 Å². The maximum absolute atomic E-state index is 14.0. The van der Waals surface area contributed by atoms with Gasteiger partial charge >= 0.3 is 0 Å². The molecule has 0 saturated heterocycles. The average Bonchev–Trinajstić information content (AvgIpc) is 2.90. The van der Waals surface area contributed by atoms with Crippen LogP contribution < -0.4 is 9.62 Å². The van der Waals surface area contributed by atoms with E-state index in [0.29, 0.717) is 29.8 Å². The van der Waals surface area contributed by atoms with Crippen LogP contribution >= 0.6 is 0 Å². The van der Waals surface area contributed by atoms with Gasteiger partial charge in [0.25, 0.3) is 10.0 Å². The number of rotatable bonds is 11. The van der Waals surface area contributed by atoms with Crippen molar-refractivity contribution in [1.82, 2.24) is 10.2 Å². The molecule has 7 nitrogen and oxygen atoms in total. The van der Waals surface area contributed by atoms with E-state index in [1.165, 1.54) is 29.2 Å². The molecule has 1 atom stereocenters. The number of halogens is 1. The second-order valence-electron chi connectivity index (χ2n) is 9.58. The van der Waals surface area contributed by atoms with Gasteiger partial charge in [0, 0.05) is 13.1 Å². The van der Waals surface area contributed by atoms with Gasteiger partial charge in [0.2, 0.25) is 11.8 Å². The Morgan fingerprint density at radius 1 is 0.897 bits per heavy atom. The second-order valence-corrected chi connectivity index (χ2v) is 11.4. The van der Waals surface area contributed by atoms with Crippen LogP contribution in [0.3, 0.4) is 0 Å². The number of aryl methyl sites for hydroxylation is 3. The molecule has 0 aliphatic heterocycles. The van der Waals surface area contributed by atoms with Crippen LogP contribution in [-0.4, -0.2) is 44.3 Å². The third-order valence-electron chi connectivity index (χ3n) is 6.52. The van der Waals surface area contributed by atoms with Crippen LogP contribution in [0.4, 0.5) is 10.1 Å². The second kappa shape index (κ2) is 12.9. The normalized spacial score (nSPS) is 12.1. The number of sulfonamides is 1. The molecule has 39 heavy (non-hydrogen) atoms. The predicted molar refractivity (Wildman–Crippen MR) is 151 cm³/mol. The molecule has 0 aliphatic carbocycles. The minimum absolute atomic E-state index is 0.0139. The summed E-state index contributed by atoms with van der Waals surface area (Å²) in [7, 11) is -4.14. The molecule has 0 aromatic heterocycles. The average molecular weight is 554 g/mol. The zero-order chi connectivity index (χ0) is 28.7. The van der Waals surface area contributed by atoms with Crippen LogP contribution in [-0.2, 0) is 26.2 Å². The molecule has 1 N–H and O–H groups in total. The van der Waals surface area contributed by atoms with Crippen molar-refractivity contribution in [2.24, 2.45) is 0 Å². The molecule has 0 unspecified atom stereocenters. The lowest BCUT2D eigenvalue weighted by molar-refractivity contribution is -0.140. The van der Waals surface area contributed by atoms with E-state index in [1.54, 1.807) is 51.1 Å². The van der Waals surface area contributed by atoms with Crippen molar-refractivity contribution in [2.45, 2.75) is 58.5 Å². The number of nitrogens with zero attached hydrogens (tertiary/aromatic N) is 2. The lowest BCUT2D eigenvalue weighted by atomic mass is 10.1. The van der Waals surface area contributed by atoms with E-state index >= 15 is 0 Å². The summed E-state index contributed by atoms with van der Waals surface area (Å²) < 4.78 is 42.6. The van der Waals surface area contributed by atoms with Gasteiger partial charge in [-0.2, -0.15) is 0 Å². The summed E-state index contributed by atoms with van der Waals surface area (Å²) in [5.74, 6) is -1.30. The number of nitrogens with one attached hydrogen (secondary N) is 1. The Morgan fingerprint density at radius 3 is 2.10 bits per heavy atom. The summed E-state index contributed by atoms with van der Waals surface area (Å²) in [6.07, 6.45) is 0.312. The fraction of sp³-hybridized carbons (Fsp3) is 0.333. The Hall–Kier alpha value is -3.72. The monoisotopic (exact) mass is 553 g/mol. The van der Waals surface area contributed by atoms with Crippen LogP contribution in [0.2, 0.25) is 0 Å². The zero-order valence-electron chi connectivity index (χ0n) is 23.1. The van der Waals surface area contributed by atoms with Crippen LogP contribution in [0.25, 0.3) is 0 Å². The number of carbonyl (C=O) groups is 2. The van der Waals surface area contributed by atoms with Crippen molar-refractivity contribution < 1.29 is 22.4 Å². The molecule has 0 spiro atoms. The van der Waals surface area contributed by atoms with E-state index in [2.05, 4.69) is 5.32 Å². The quantitative estimate of drug-likeness (QED) is 0.366. The Kier molecular flexibility index (Phi) is 9.86. The fourth-order valence-electron chi connectivity index (χ4n) is 4.34. The Bertz CT molecular complexity index is 1410. The molecule has 0 aliphatic rings. The third kappa shape index (κ3) is 7.23. The summed E-state index contributed by atoms with van der Waals surface area (Å²) in [5, 5.41) is 2.77. The lowest BCUT2D eigenvalue weighted by Crippen LogP contribution is -2.52. The maximum Gasteiger partial charge on any atom is 0.264 e. The minimum Gasteiger partial charge on any atom is -0.355 e. The molecule has 208 valence electrons. The molecule has 2 amide bonds. The van der Waals surface area contributed by atoms with Gasteiger partial charge in [-0.15, -0.1) is 0 Å². The molecule has 3 aromatic carbocycles. The predicted octanol–water partition coefficient (Wildman–Crippen LogP) is 4.89. The molecule has 3 rings (SSSR count). The standard InChI is InChI=1S/C30H36FN3O4S/c1-6-27(30(36)32-7-2)33(19-24-12-14-25(31)15-13-24)29(35)20-34(28-18-22(4)8-11-23(28)5)39(37,38)26-16-9-21(3)10-17-26/h8-18,27H,6-7,19-20H2,1-5H3,(H,32,36)/t27-/m1/s1. The van der Waals surface area contributed by atoms with Crippen LogP contribution in [0.5, 0.6) is 0 Å². The van der Waals surface area contributed by atoms with E-state index in [4.69, 9.17) is 0 Å². The third-order valence-corrected chi connectivity index (χ3v) is 8.30. The molecule has 3 aromatic rings. The first-order valence-corrected chi connectivity index (χ1v) is 14.4. The van der Waals surface area contributed by atoms with Crippen LogP contribution in [0.1, 0.15) is 42.5 Å². The first-order valence-electron chi connectivity index (χ1n) is 13.0.